The van der Waals surface area contributed by atoms with Crippen molar-refractivity contribution in [3.63, 3.8) is 0 Å². The summed E-state index contributed by atoms with van der Waals surface area (Å²) < 4.78 is 0.308. The molecule has 1 unspecified atom stereocenters. The molecule has 0 spiro atoms. The van der Waals surface area contributed by atoms with E-state index in [0.29, 0.717) is 4.49 Å². The maximum Gasteiger partial charge on any atom is 0.110 e. The van der Waals surface area contributed by atoms with Crippen LogP contribution in [0, 0.1) is 0 Å². The second kappa shape index (κ2) is 3.42. The Bertz CT molecular complexity index is 180. The molecule has 0 amide bonds. The highest BCUT2D eigenvalue weighted by Gasteiger charge is 2.08. The molecule has 0 saturated heterocycles. The van der Waals surface area contributed by atoms with E-state index < -0.39 is 0 Å². The molecule has 56 valence electrons. The van der Waals surface area contributed by atoms with Crippen molar-refractivity contribution in [1.29, 1.82) is 0 Å². The minimum atomic E-state index is -0.323. The fourth-order valence-corrected chi connectivity index (χ4v) is 1.18. The molecule has 0 aromatic heterocycles. The maximum atomic E-state index is 9.01. The van der Waals surface area contributed by atoms with Gasteiger partial charge in [-0.2, -0.15) is 0 Å². The van der Waals surface area contributed by atoms with Gasteiger partial charge in [0.05, 0.1) is 6.10 Å². The molecule has 0 fully saturated rings. The van der Waals surface area contributed by atoms with E-state index in [0.717, 1.165) is 18.4 Å². The second-order valence-electron chi connectivity index (χ2n) is 2.25. The molecular weight excluding hydrogens is 171 g/mol. The molecule has 0 radical (unpaired) electrons. The summed E-state index contributed by atoms with van der Waals surface area (Å²) in [6.45, 7) is 0. The fourth-order valence-electron chi connectivity index (χ4n) is 0.868. The first-order chi connectivity index (χ1) is 4.70. The Labute approximate surface area is 69.9 Å². The zero-order valence-electron chi connectivity index (χ0n) is 5.35. The average Bonchev–Trinajstić information content (AvgIpc) is 1.88. The first-order valence-corrected chi connectivity index (χ1v) is 3.86. The fraction of sp³-hybridized carbons (Fsp3) is 0.429. The number of halogens is 2. The van der Waals surface area contributed by atoms with Crippen molar-refractivity contribution in [3.05, 3.63) is 22.2 Å². The summed E-state index contributed by atoms with van der Waals surface area (Å²) in [6.07, 6.45) is 4.62. The molecule has 1 atom stereocenters. The van der Waals surface area contributed by atoms with E-state index in [1.54, 1.807) is 12.2 Å². The van der Waals surface area contributed by atoms with Gasteiger partial charge in [-0.05, 0) is 18.4 Å². The van der Waals surface area contributed by atoms with E-state index in [2.05, 4.69) is 0 Å². The first-order valence-electron chi connectivity index (χ1n) is 3.10. The zero-order chi connectivity index (χ0) is 7.56. The van der Waals surface area contributed by atoms with Crippen LogP contribution in [-0.2, 0) is 0 Å². The Hall–Kier alpha value is 0.0200. The number of rotatable bonds is 0. The monoisotopic (exact) mass is 178 g/mol. The highest BCUT2D eigenvalue weighted by molar-refractivity contribution is 6.56. The van der Waals surface area contributed by atoms with Crippen LogP contribution >= 0.6 is 23.2 Å². The number of hydrogen-bond donors (Lipinski definition) is 1. The van der Waals surface area contributed by atoms with Gasteiger partial charge in [-0.1, -0.05) is 35.4 Å². The number of aliphatic hydroxyl groups is 1. The van der Waals surface area contributed by atoms with Crippen LogP contribution in [0.2, 0.25) is 0 Å². The topological polar surface area (TPSA) is 20.2 Å². The van der Waals surface area contributed by atoms with Gasteiger partial charge in [0.15, 0.2) is 0 Å². The van der Waals surface area contributed by atoms with Crippen LogP contribution in [-0.4, -0.2) is 11.2 Å². The Balaban J connectivity index is 2.71. The Morgan fingerprint density at radius 2 is 2.30 bits per heavy atom. The molecule has 0 aromatic rings. The van der Waals surface area contributed by atoms with Crippen molar-refractivity contribution >= 4 is 23.2 Å². The lowest BCUT2D eigenvalue weighted by Crippen LogP contribution is -2.06. The highest BCUT2D eigenvalue weighted by atomic mass is 35.5. The Morgan fingerprint density at radius 1 is 1.60 bits per heavy atom. The van der Waals surface area contributed by atoms with Crippen LogP contribution in [0.15, 0.2) is 22.2 Å². The number of allylic oxidation sites excluding steroid dienone is 2. The number of aliphatic hydroxyl groups excluding tert-OH is 1. The van der Waals surface area contributed by atoms with E-state index in [-0.39, 0.29) is 6.10 Å². The first kappa shape index (κ1) is 8.12. The molecule has 1 nitrogen and oxygen atoms in total. The third kappa shape index (κ3) is 2.01. The van der Waals surface area contributed by atoms with Crippen LogP contribution < -0.4 is 0 Å². The van der Waals surface area contributed by atoms with Crippen molar-refractivity contribution in [1.82, 2.24) is 0 Å². The molecule has 0 aromatic carbocycles. The standard InChI is InChI=1S/C7H8Cl2O/c8-7(9)5-1-3-6(10)4-2-5/h1,3,6,10H,2,4H2. The maximum absolute atomic E-state index is 9.01. The van der Waals surface area contributed by atoms with E-state index in [9.17, 15) is 0 Å². The third-order valence-corrected chi connectivity index (χ3v) is 1.96. The van der Waals surface area contributed by atoms with Crippen molar-refractivity contribution in [2.24, 2.45) is 0 Å². The van der Waals surface area contributed by atoms with Gasteiger partial charge in [0.25, 0.3) is 0 Å². The van der Waals surface area contributed by atoms with E-state index in [1.165, 1.54) is 0 Å². The molecule has 1 aliphatic carbocycles. The van der Waals surface area contributed by atoms with Crippen LogP contribution in [0.3, 0.4) is 0 Å². The largest absolute Gasteiger partial charge is 0.389 e. The van der Waals surface area contributed by atoms with Gasteiger partial charge in [-0.25, -0.2) is 0 Å². The summed E-state index contributed by atoms with van der Waals surface area (Å²) in [5.74, 6) is 0. The van der Waals surface area contributed by atoms with Gasteiger partial charge in [0, 0.05) is 0 Å². The van der Waals surface area contributed by atoms with Gasteiger partial charge >= 0.3 is 0 Å². The smallest absolute Gasteiger partial charge is 0.110 e. The summed E-state index contributed by atoms with van der Waals surface area (Å²) in [4.78, 5) is 0. The van der Waals surface area contributed by atoms with Crippen LogP contribution in [0.4, 0.5) is 0 Å². The van der Waals surface area contributed by atoms with Crippen LogP contribution in [0.25, 0.3) is 0 Å². The van der Waals surface area contributed by atoms with Gasteiger partial charge in [0.2, 0.25) is 0 Å². The predicted octanol–water partition coefficient (Wildman–Crippen LogP) is 2.39. The SMILES string of the molecule is OC1C=CC(=C(Cl)Cl)CC1. The molecule has 0 bridgehead atoms. The summed E-state index contributed by atoms with van der Waals surface area (Å²) >= 11 is 11.0. The number of hydrogen-bond acceptors (Lipinski definition) is 1. The summed E-state index contributed by atoms with van der Waals surface area (Å²) in [5, 5.41) is 9.01. The van der Waals surface area contributed by atoms with Crippen molar-refractivity contribution in [2.45, 2.75) is 18.9 Å². The van der Waals surface area contributed by atoms with Crippen molar-refractivity contribution in [2.75, 3.05) is 0 Å². The van der Waals surface area contributed by atoms with Crippen LogP contribution in [0.5, 0.6) is 0 Å². The van der Waals surface area contributed by atoms with Crippen LogP contribution in [0.1, 0.15) is 12.8 Å². The van der Waals surface area contributed by atoms with E-state index in [1.807, 2.05) is 0 Å². The van der Waals surface area contributed by atoms with Gasteiger partial charge in [-0.15, -0.1) is 0 Å². The molecule has 0 heterocycles. The molecule has 1 aliphatic rings. The lowest BCUT2D eigenvalue weighted by molar-refractivity contribution is 0.210. The Kier molecular flexibility index (Phi) is 2.78. The molecular formula is C7H8Cl2O. The molecule has 10 heavy (non-hydrogen) atoms. The van der Waals surface area contributed by atoms with Gasteiger partial charge < -0.3 is 5.11 Å². The second-order valence-corrected chi connectivity index (χ2v) is 3.20. The lowest BCUT2D eigenvalue weighted by Gasteiger charge is -2.12. The summed E-state index contributed by atoms with van der Waals surface area (Å²) in [6, 6.07) is 0. The van der Waals surface area contributed by atoms with Gasteiger partial charge in [-0.3, -0.25) is 0 Å². The normalized spacial score (nSPS) is 25.1. The third-order valence-electron chi connectivity index (χ3n) is 1.47. The molecule has 0 saturated carbocycles. The molecule has 0 aliphatic heterocycles. The predicted molar refractivity (Wildman–Crippen MR) is 43.1 cm³/mol. The van der Waals surface area contributed by atoms with E-state index in [4.69, 9.17) is 28.3 Å². The average molecular weight is 179 g/mol. The molecule has 1 N–H and O–H groups in total. The molecule has 3 heteroatoms. The summed E-state index contributed by atoms with van der Waals surface area (Å²) in [5.41, 5.74) is 0.911. The van der Waals surface area contributed by atoms with Crippen molar-refractivity contribution in [3.8, 4) is 0 Å². The Morgan fingerprint density at radius 3 is 2.70 bits per heavy atom. The molecule has 1 rings (SSSR count). The lowest BCUT2D eigenvalue weighted by atomic mass is 10.0. The minimum absolute atomic E-state index is 0.308. The minimum Gasteiger partial charge on any atom is -0.389 e. The van der Waals surface area contributed by atoms with Gasteiger partial charge in [0.1, 0.15) is 4.49 Å². The quantitative estimate of drug-likeness (QED) is 0.605. The zero-order valence-corrected chi connectivity index (χ0v) is 6.86. The van der Waals surface area contributed by atoms with E-state index >= 15 is 0 Å². The summed E-state index contributed by atoms with van der Waals surface area (Å²) in [7, 11) is 0. The highest BCUT2D eigenvalue weighted by Crippen LogP contribution is 2.24. The van der Waals surface area contributed by atoms with Crippen molar-refractivity contribution < 1.29 is 5.11 Å².